The Kier molecular flexibility index (Phi) is 5.54. The number of hydrogen-bond donors (Lipinski definition) is 2. The van der Waals surface area contributed by atoms with Crippen molar-refractivity contribution in [2.45, 2.75) is 12.8 Å². The van der Waals surface area contributed by atoms with Gasteiger partial charge in [0.05, 0.1) is 0 Å². The molecule has 2 rings (SSSR count). The lowest BCUT2D eigenvalue weighted by atomic mass is 10.0. The molecule has 0 atom stereocenters. The summed E-state index contributed by atoms with van der Waals surface area (Å²) in [6, 6.07) is 3.36. The average molecular weight is 274 g/mol. The fraction of sp³-hybridized carbons (Fsp3) is 0.467. The Morgan fingerprint density at radius 2 is 2.25 bits per heavy atom. The normalized spacial score (nSPS) is 15.2. The molecule has 5 heteroatoms. The number of aliphatic hydroxyl groups excluding tert-OH is 1. The molecular formula is C15H18N2O3. The van der Waals surface area contributed by atoms with Crippen molar-refractivity contribution in [3.8, 4) is 11.8 Å². The monoisotopic (exact) mass is 274 g/mol. The summed E-state index contributed by atoms with van der Waals surface area (Å²) in [6.45, 7) is 2.03. The van der Waals surface area contributed by atoms with Crippen LogP contribution >= 0.6 is 0 Å². The van der Waals surface area contributed by atoms with E-state index in [-0.39, 0.29) is 12.5 Å². The third kappa shape index (κ3) is 4.34. The van der Waals surface area contributed by atoms with Gasteiger partial charge in [-0.2, -0.15) is 0 Å². The summed E-state index contributed by atoms with van der Waals surface area (Å²) in [5, 5.41) is 11.5. The van der Waals surface area contributed by atoms with Gasteiger partial charge in [-0.3, -0.25) is 4.79 Å². The maximum Gasteiger partial charge on any atom is 0.269 e. The number of aliphatic hydroxyl groups is 1. The molecule has 1 aliphatic rings. The lowest BCUT2D eigenvalue weighted by molar-refractivity contribution is 0.0642. The van der Waals surface area contributed by atoms with Crippen molar-refractivity contribution in [1.82, 2.24) is 10.3 Å². The first-order valence-corrected chi connectivity index (χ1v) is 6.71. The van der Waals surface area contributed by atoms with Crippen molar-refractivity contribution in [1.29, 1.82) is 0 Å². The number of pyridine rings is 1. The van der Waals surface area contributed by atoms with E-state index in [0.717, 1.165) is 26.1 Å². The molecule has 0 bridgehead atoms. The number of amides is 1. The summed E-state index contributed by atoms with van der Waals surface area (Å²) in [7, 11) is 0. The largest absolute Gasteiger partial charge is 0.384 e. The van der Waals surface area contributed by atoms with Crippen LogP contribution in [-0.4, -0.2) is 42.4 Å². The highest BCUT2D eigenvalue weighted by molar-refractivity contribution is 5.92. The van der Waals surface area contributed by atoms with Gasteiger partial charge in [0, 0.05) is 31.5 Å². The predicted octanol–water partition coefficient (Wildman–Crippen LogP) is 0.582. The zero-order valence-corrected chi connectivity index (χ0v) is 11.3. The number of carbonyl (C=O) groups excluding carboxylic acids is 1. The number of nitrogens with one attached hydrogen (secondary N) is 1. The van der Waals surface area contributed by atoms with E-state index < -0.39 is 0 Å². The molecule has 1 saturated heterocycles. The number of nitrogens with zero attached hydrogens (tertiary/aromatic N) is 1. The Hall–Kier alpha value is -1.90. The Morgan fingerprint density at radius 3 is 2.90 bits per heavy atom. The molecule has 106 valence electrons. The third-order valence-electron chi connectivity index (χ3n) is 3.20. The van der Waals surface area contributed by atoms with Gasteiger partial charge in [0.15, 0.2) is 0 Å². The topological polar surface area (TPSA) is 71.5 Å². The molecule has 1 aromatic rings. The highest BCUT2D eigenvalue weighted by Crippen LogP contribution is 2.13. The quantitative estimate of drug-likeness (QED) is 0.791. The summed E-state index contributed by atoms with van der Waals surface area (Å²) in [5.41, 5.74) is 1.06. The minimum Gasteiger partial charge on any atom is -0.384 e. The fourth-order valence-electron chi connectivity index (χ4n) is 2.02. The summed E-state index contributed by atoms with van der Waals surface area (Å²) in [6.07, 6.45) is 3.51. The molecule has 2 N–H and O–H groups in total. The minimum absolute atomic E-state index is 0.168. The van der Waals surface area contributed by atoms with Gasteiger partial charge in [-0.25, -0.2) is 4.98 Å². The highest BCUT2D eigenvalue weighted by Gasteiger charge is 2.15. The zero-order chi connectivity index (χ0) is 14.2. The molecule has 5 nitrogen and oxygen atoms in total. The van der Waals surface area contributed by atoms with Crippen LogP contribution < -0.4 is 5.32 Å². The molecule has 1 amide bonds. The first-order chi connectivity index (χ1) is 9.79. The van der Waals surface area contributed by atoms with Crippen LogP contribution in [0.4, 0.5) is 0 Å². The van der Waals surface area contributed by atoms with Gasteiger partial charge in [0.2, 0.25) is 0 Å². The molecule has 1 aromatic heterocycles. The van der Waals surface area contributed by atoms with E-state index in [1.165, 1.54) is 6.20 Å². The van der Waals surface area contributed by atoms with Crippen LogP contribution in [0.5, 0.6) is 0 Å². The van der Waals surface area contributed by atoms with Crippen molar-refractivity contribution in [2.75, 3.05) is 26.4 Å². The summed E-state index contributed by atoms with van der Waals surface area (Å²) < 4.78 is 5.28. The van der Waals surface area contributed by atoms with Crippen LogP contribution in [0.15, 0.2) is 18.3 Å². The average Bonchev–Trinajstić information content (AvgIpc) is 2.52. The smallest absolute Gasteiger partial charge is 0.269 e. The molecule has 0 aliphatic carbocycles. The predicted molar refractivity (Wildman–Crippen MR) is 74.1 cm³/mol. The van der Waals surface area contributed by atoms with E-state index in [9.17, 15) is 4.79 Å². The summed E-state index contributed by atoms with van der Waals surface area (Å²) in [5.74, 6) is 5.59. The summed E-state index contributed by atoms with van der Waals surface area (Å²) >= 11 is 0. The van der Waals surface area contributed by atoms with Gasteiger partial charge >= 0.3 is 0 Å². The van der Waals surface area contributed by atoms with Crippen LogP contribution in [0, 0.1) is 17.8 Å². The first-order valence-electron chi connectivity index (χ1n) is 6.71. The molecular weight excluding hydrogens is 256 g/mol. The lowest BCUT2D eigenvalue weighted by Crippen LogP contribution is -2.32. The number of hydrogen-bond acceptors (Lipinski definition) is 4. The molecule has 0 aromatic carbocycles. The number of carbonyl (C=O) groups is 1. The van der Waals surface area contributed by atoms with Crippen LogP contribution in [-0.2, 0) is 4.74 Å². The van der Waals surface area contributed by atoms with Crippen molar-refractivity contribution in [3.63, 3.8) is 0 Å². The molecule has 1 aliphatic heterocycles. The maximum absolute atomic E-state index is 11.9. The van der Waals surface area contributed by atoms with E-state index in [1.807, 2.05) is 0 Å². The van der Waals surface area contributed by atoms with Crippen molar-refractivity contribution in [3.05, 3.63) is 29.6 Å². The Bertz CT molecular complexity index is 496. The fourth-order valence-corrected chi connectivity index (χ4v) is 2.02. The van der Waals surface area contributed by atoms with Crippen molar-refractivity contribution >= 4 is 5.91 Å². The van der Waals surface area contributed by atoms with Gasteiger partial charge in [0.25, 0.3) is 5.91 Å². The highest BCUT2D eigenvalue weighted by atomic mass is 16.5. The SMILES string of the molecule is O=C(NCC1CCOCC1)c1ccc(C#CCO)cn1. The number of aromatic nitrogens is 1. The van der Waals surface area contributed by atoms with E-state index in [1.54, 1.807) is 12.1 Å². The molecule has 20 heavy (non-hydrogen) atoms. The second-order valence-corrected chi connectivity index (χ2v) is 4.66. The lowest BCUT2D eigenvalue weighted by Gasteiger charge is -2.22. The first kappa shape index (κ1) is 14.5. The minimum atomic E-state index is -0.187. The van der Waals surface area contributed by atoms with E-state index in [4.69, 9.17) is 9.84 Å². The Balaban J connectivity index is 1.85. The molecule has 0 radical (unpaired) electrons. The van der Waals surface area contributed by atoms with E-state index >= 15 is 0 Å². The molecule has 0 saturated carbocycles. The van der Waals surface area contributed by atoms with Crippen LogP contribution in [0.3, 0.4) is 0 Å². The number of ether oxygens (including phenoxy) is 1. The standard InChI is InChI=1S/C15H18N2O3/c18-7-1-2-12-3-4-14(16-10-12)15(19)17-11-13-5-8-20-9-6-13/h3-4,10,13,18H,5-9,11H2,(H,17,19). The molecule has 0 spiro atoms. The third-order valence-corrected chi connectivity index (χ3v) is 3.20. The van der Waals surface area contributed by atoms with E-state index in [2.05, 4.69) is 22.1 Å². The van der Waals surface area contributed by atoms with Gasteiger partial charge in [-0.1, -0.05) is 11.8 Å². The van der Waals surface area contributed by atoms with Crippen LogP contribution in [0.25, 0.3) is 0 Å². The second-order valence-electron chi connectivity index (χ2n) is 4.66. The molecule has 1 fully saturated rings. The van der Waals surface area contributed by atoms with Crippen molar-refractivity contribution < 1.29 is 14.6 Å². The van der Waals surface area contributed by atoms with Crippen LogP contribution in [0.1, 0.15) is 28.9 Å². The van der Waals surface area contributed by atoms with Crippen LogP contribution in [0.2, 0.25) is 0 Å². The second kappa shape index (κ2) is 7.63. The molecule has 0 unspecified atom stereocenters. The van der Waals surface area contributed by atoms with Gasteiger partial charge in [0.1, 0.15) is 12.3 Å². The zero-order valence-electron chi connectivity index (χ0n) is 11.3. The molecule has 2 heterocycles. The number of rotatable bonds is 3. The maximum atomic E-state index is 11.9. The summed E-state index contributed by atoms with van der Waals surface area (Å²) in [4.78, 5) is 16.0. The van der Waals surface area contributed by atoms with Crippen molar-refractivity contribution in [2.24, 2.45) is 5.92 Å². The van der Waals surface area contributed by atoms with Gasteiger partial charge < -0.3 is 15.2 Å². The van der Waals surface area contributed by atoms with Gasteiger partial charge in [-0.05, 0) is 30.9 Å². The van der Waals surface area contributed by atoms with E-state index in [0.29, 0.717) is 23.7 Å². The Morgan fingerprint density at radius 1 is 1.45 bits per heavy atom. The Labute approximate surface area is 118 Å². The van der Waals surface area contributed by atoms with Gasteiger partial charge in [-0.15, -0.1) is 0 Å².